The van der Waals surface area contributed by atoms with Crippen molar-refractivity contribution in [2.45, 2.75) is 20.8 Å². The summed E-state index contributed by atoms with van der Waals surface area (Å²) in [6.45, 7) is 6.14. The van der Waals surface area contributed by atoms with Gasteiger partial charge in [0.15, 0.2) is 5.78 Å². The van der Waals surface area contributed by atoms with Crippen LogP contribution in [0.5, 0.6) is 11.5 Å². The largest absolute Gasteiger partial charge is 0.494 e. The first kappa shape index (κ1) is 22.1. The molecule has 4 rings (SSSR count). The summed E-state index contributed by atoms with van der Waals surface area (Å²) < 4.78 is 16.8. The van der Waals surface area contributed by atoms with E-state index in [1.54, 1.807) is 55.5 Å². The number of allylic oxidation sites excluding steroid dienone is 1. The van der Waals surface area contributed by atoms with Crippen LogP contribution >= 0.6 is 0 Å². The van der Waals surface area contributed by atoms with Gasteiger partial charge in [-0.05, 0) is 62.7 Å². The van der Waals surface area contributed by atoms with Crippen molar-refractivity contribution >= 4 is 28.8 Å². The van der Waals surface area contributed by atoms with Gasteiger partial charge in [-0.2, -0.15) is 0 Å². The molecule has 0 fully saturated rings. The molecule has 33 heavy (non-hydrogen) atoms. The zero-order valence-corrected chi connectivity index (χ0v) is 18.8. The number of rotatable bonds is 7. The number of carbonyl (C=O) groups excluding carboxylic acids is 2. The molecular weight excluding hydrogens is 416 g/mol. The Bertz CT molecular complexity index is 1330. The van der Waals surface area contributed by atoms with Gasteiger partial charge in [-0.15, -0.1) is 0 Å². The second-order valence-electron chi connectivity index (χ2n) is 7.65. The van der Waals surface area contributed by atoms with Gasteiger partial charge in [0.25, 0.3) is 0 Å². The van der Waals surface area contributed by atoms with Gasteiger partial charge in [-0.25, -0.2) is 4.79 Å². The van der Waals surface area contributed by atoms with Crippen molar-refractivity contribution in [1.82, 2.24) is 0 Å². The Morgan fingerprint density at radius 1 is 0.909 bits per heavy atom. The van der Waals surface area contributed by atoms with Crippen LogP contribution in [0.15, 0.2) is 77.2 Å². The first-order valence-corrected chi connectivity index (χ1v) is 10.7. The van der Waals surface area contributed by atoms with Crippen molar-refractivity contribution < 1.29 is 23.5 Å². The number of hydrogen-bond donors (Lipinski definition) is 0. The zero-order chi connectivity index (χ0) is 23.4. The Balaban J connectivity index is 1.47. The monoisotopic (exact) mass is 440 g/mol. The Labute approximate surface area is 192 Å². The van der Waals surface area contributed by atoms with Crippen LogP contribution in [0.4, 0.5) is 0 Å². The summed E-state index contributed by atoms with van der Waals surface area (Å²) in [5.74, 6) is 0.975. The molecule has 0 aliphatic carbocycles. The predicted molar refractivity (Wildman–Crippen MR) is 128 cm³/mol. The van der Waals surface area contributed by atoms with Gasteiger partial charge in [0.1, 0.15) is 28.4 Å². The van der Waals surface area contributed by atoms with Crippen molar-refractivity contribution in [2.75, 3.05) is 6.61 Å². The van der Waals surface area contributed by atoms with Gasteiger partial charge in [0, 0.05) is 10.9 Å². The number of furan rings is 1. The van der Waals surface area contributed by atoms with Gasteiger partial charge in [0.05, 0.1) is 6.61 Å². The summed E-state index contributed by atoms with van der Waals surface area (Å²) in [7, 11) is 0. The number of ether oxygens (including phenoxy) is 2. The summed E-state index contributed by atoms with van der Waals surface area (Å²) in [5, 5.41) is 0.651. The van der Waals surface area contributed by atoms with Crippen LogP contribution in [0.2, 0.25) is 0 Å². The third-order valence-corrected chi connectivity index (χ3v) is 5.20. The van der Waals surface area contributed by atoms with Gasteiger partial charge in [-0.1, -0.05) is 48.0 Å². The van der Waals surface area contributed by atoms with Gasteiger partial charge in [-0.3, -0.25) is 4.79 Å². The minimum atomic E-state index is -0.502. The Morgan fingerprint density at radius 2 is 1.61 bits per heavy atom. The van der Waals surface area contributed by atoms with E-state index in [1.807, 2.05) is 38.1 Å². The van der Waals surface area contributed by atoms with Crippen LogP contribution < -0.4 is 9.47 Å². The summed E-state index contributed by atoms with van der Waals surface area (Å²) in [6, 6.07) is 19.8. The number of hydrogen-bond acceptors (Lipinski definition) is 5. The number of carbonyl (C=O) groups is 2. The van der Waals surface area contributed by atoms with E-state index in [4.69, 9.17) is 13.9 Å². The van der Waals surface area contributed by atoms with E-state index in [9.17, 15) is 9.59 Å². The molecule has 3 aromatic carbocycles. The molecule has 0 bridgehead atoms. The highest BCUT2D eigenvalue weighted by atomic mass is 16.5. The molecule has 4 aromatic rings. The van der Waals surface area contributed by atoms with E-state index < -0.39 is 5.97 Å². The van der Waals surface area contributed by atoms with Crippen LogP contribution in [0.25, 0.3) is 17.0 Å². The molecule has 0 aliphatic heterocycles. The molecule has 5 heteroatoms. The summed E-state index contributed by atoms with van der Waals surface area (Å²) in [5.41, 5.74) is 3.54. The predicted octanol–water partition coefficient (Wildman–Crippen LogP) is 6.56. The average Bonchev–Trinajstić information content (AvgIpc) is 3.14. The molecule has 166 valence electrons. The lowest BCUT2D eigenvalue weighted by Gasteiger charge is -2.05. The van der Waals surface area contributed by atoms with Crippen LogP contribution in [-0.4, -0.2) is 18.4 Å². The van der Waals surface area contributed by atoms with Crippen LogP contribution in [0.3, 0.4) is 0 Å². The van der Waals surface area contributed by atoms with E-state index in [2.05, 4.69) is 0 Å². The molecule has 0 N–H and O–H groups in total. The molecule has 0 saturated heterocycles. The fourth-order valence-corrected chi connectivity index (χ4v) is 3.50. The first-order chi connectivity index (χ1) is 15.9. The minimum Gasteiger partial charge on any atom is -0.494 e. The lowest BCUT2D eigenvalue weighted by molar-refractivity contribution is 0.0734. The van der Waals surface area contributed by atoms with E-state index in [1.165, 1.54) is 6.08 Å². The number of esters is 1. The summed E-state index contributed by atoms with van der Waals surface area (Å²) >= 11 is 0. The van der Waals surface area contributed by atoms with Crippen molar-refractivity contribution in [1.29, 1.82) is 0 Å². The Kier molecular flexibility index (Phi) is 6.41. The SMILES string of the molecule is CCOc1ccc2oc(C)c(C(=O)Oc3ccc(/C=C/C(=O)c4ccc(C)cc4)cc3)c2c1. The molecule has 0 saturated carbocycles. The number of aryl methyl sites for hydroxylation is 2. The summed E-state index contributed by atoms with van der Waals surface area (Å²) in [4.78, 5) is 25.2. The fraction of sp³-hybridized carbons (Fsp3) is 0.143. The number of fused-ring (bicyclic) bond motifs is 1. The third kappa shape index (κ3) is 5.04. The van der Waals surface area contributed by atoms with E-state index in [0.717, 1.165) is 11.1 Å². The van der Waals surface area contributed by atoms with Crippen molar-refractivity contribution in [3.8, 4) is 11.5 Å². The highest BCUT2D eigenvalue weighted by molar-refractivity contribution is 6.07. The number of benzene rings is 3. The second-order valence-corrected chi connectivity index (χ2v) is 7.65. The third-order valence-electron chi connectivity index (χ3n) is 5.20. The van der Waals surface area contributed by atoms with Crippen LogP contribution in [0, 0.1) is 13.8 Å². The molecule has 0 aliphatic rings. The van der Waals surface area contributed by atoms with Gasteiger partial charge >= 0.3 is 5.97 Å². The molecule has 0 radical (unpaired) electrons. The molecule has 1 aromatic heterocycles. The maximum Gasteiger partial charge on any atom is 0.347 e. The maximum atomic E-state index is 12.9. The zero-order valence-electron chi connectivity index (χ0n) is 18.8. The standard InChI is InChI=1S/C28H24O5/c1-4-31-23-14-16-26-24(17-23)27(19(3)32-26)28(30)33-22-12-7-20(8-13-22)9-15-25(29)21-10-5-18(2)6-11-21/h5-17H,4H2,1-3H3/b15-9+. The summed E-state index contributed by atoms with van der Waals surface area (Å²) in [6.07, 6.45) is 3.26. The highest BCUT2D eigenvalue weighted by Crippen LogP contribution is 2.30. The Hall–Kier alpha value is -4.12. The van der Waals surface area contributed by atoms with Crippen molar-refractivity contribution in [3.63, 3.8) is 0 Å². The molecule has 5 nitrogen and oxygen atoms in total. The van der Waals surface area contributed by atoms with Crippen LogP contribution in [-0.2, 0) is 0 Å². The van der Waals surface area contributed by atoms with Crippen LogP contribution in [0.1, 0.15) is 44.5 Å². The number of ketones is 1. The highest BCUT2D eigenvalue weighted by Gasteiger charge is 2.21. The molecule has 0 amide bonds. The van der Waals surface area contributed by atoms with Gasteiger partial charge < -0.3 is 13.9 Å². The molecule has 0 atom stereocenters. The lowest BCUT2D eigenvalue weighted by atomic mass is 10.1. The van der Waals surface area contributed by atoms with E-state index in [-0.39, 0.29) is 5.78 Å². The van der Waals surface area contributed by atoms with E-state index >= 15 is 0 Å². The Morgan fingerprint density at radius 3 is 2.30 bits per heavy atom. The average molecular weight is 440 g/mol. The molecule has 0 unspecified atom stereocenters. The normalized spacial score (nSPS) is 11.1. The quantitative estimate of drug-likeness (QED) is 0.141. The molecule has 0 spiro atoms. The fourth-order valence-electron chi connectivity index (χ4n) is 3.50. The van der Waals surface area contributed by atoms with Crippen molar-refractivity contribution in [3.05, 3.63) is 101 Å². The maximum absolute atomic E-state index is 12.9. The van der Waals surface area contributed by atoms with Gasteiger partial charge in [0.2, 0.25) is 0 Å². The topological polar surface area (TPSA) is 65.7 Å². The minimum absolute atomic E-state index is 0.0702. The van der Waals surface area contributed by atoms with Crippen molar-refractivity contribution in [2.24, 2.45) is 0 Å². The lowest BCUT2D eigenvalue weighted by Crippen LogP contribution is -2.09. The van der Waals surface area contributed by atoms with E-state index in [0.29, 0.717) is 46.0 Å². The second kappa shape index (κ2) is 9.57. The smallest absolute Gasteiger partial charge is 0.347 e. The first-order valence-electron chi connectivity index (χ1n) is 10.7. The molecular formula is C28H24O5. The molecule has 1 heterocycles.